The Morgan fingerprint density at radius 1 is 0.958 bits per heavy atom. The fourth-order valence-electron chi connectivity index (χ4n) is 6.40. The lowest BCUT2D eigenvalue weighted by Crippen LogP contribution is -2.46. The van der Waals surface area contributed by atoms with Crippen LogP contribution < -0.4 is 0 Å². The van der Waals surface area contributed by atoms with Gasteiger partial charge in [0.15, 0.2) is 0 Å². The number of hydrogen-bond acceptors (Lipinski definition) is 1. The van der Waals surface area contributed by atoms with Gasteiger partial charge in [0.2, 0.25) is 0 Å². The predicted molar refractivity (Wildman–Crippen MR) is 103 cm³/mol. The molecule has 0 atom stereocenters. The van der Waals surface area contributed by atoms with E-state index in [0.717, 1.165) is 37.4 Å². The summed E-state index contributed by atoms with van der Waals surface area (Å²) in [5, 5.41) is 0. The molecule has 1 aromatic carbocycles. The van der Waals surface area contributed by atoms with Gasteiger partial charge in [0.25, 0.3) is 0 Å². The van der Waals surface area contributed by atoms with E-state index in [2.05, 4.69) is 55.2 Å². The van der Waals surface area contributed by atoms with Gasteiger partial charge in [-0.1, -0.05) is 50.3 Å². The highest BCUT2D eigenvalue weighted by Crippen LogP contribution is 2.64. The van der Waals surface area contributed by atoms with E-state index in [1.807, 2.05) is 0 Å². The standard InChI is InChI=1S/C23H33N/c1-3-24(4-2)11-10-22(21-8-6-5-7-9-21)23-15-18-12-19(16-23)14-20(13-18)17-23/h5-10,18-20H,3-4,11-17H2,1-2H3/b22-10+. The van der Waals surface area contributed by atoms with E-state index >= 15 is 0 Å². The normalized spacial score (nSPS) is 35.0. The first-order chi connectivity index (χ1) is 11.7. The molecular weight excluding hydrogens is 290 g/mol. The van der Waals surface area contributed by atoms with Crippen molar-refractivity contribution in [1.82, 2.24) is 4.90 Å². The zero-order chi connectivity index (χ0) is 16.6. The lowest BCUT2D eigenvalue weighted by molar-refractivity contribution is -0.0179. The third-order valence-electron chi connectivity index (χ3n) is 7.14. The van der Waals surface area contributed by atoms with Crippen LogP contribution in [0, 0.1) is 23.2 Å². The van der Waals surface area contributed by atoms with Crippen molar-refractivity contribution in [3.05, 3.63) is 42.0 Å². The van der Waals surface area contributed by atoms with Crippen LogP contribution in [-0.2, 0) is 0 Å². The Morgan fingerprint density at radius 2 is 1.50 bits per heavy atom. The van der Waals surface area contributed by atoms with E-state index in [-0.39, 0.29) is 0 Å². The summed E-state index contributed by atoms with van der Waals surface area (Å²) in [6.45, 7) is 7.97. The summed E-state index contributed by atoms with van der Waals surface area (Å²) in [7, 11) is 0. The third-order valence-corrected chi connectivity index (χ3v) is 7.14. The molecule has 4 saturated carbocycles. The molecule has 4 aliphatic rings. The van der Waals surface area contributed by atoms with Crippen LogP contribution >= 0.6 is 0 Å². The summed E-state index contributed by atoms with van der Waals surface area (Å²) in [6.07, 6.45) is 11.6. The molecule has 0 amide bonds. The Hall–Kier alpha value is -1.08. The summed E-state index contributed by atoms with van der Waals surface area (Å²) < 4.78 is 0. The van der Waals surface area contributed by atoms with Gasteiger partial charge in [-0.15, -0.1) is 0 Å². The molecule has 1 aromatic rings. The predicted octanol–water partition coefficient (Wildman–Crippen LogP) is 5.63. The van der Waals surface area contributed by atoms with Crippen LogP contribution in [0.4, 0.5) is 0 Å². The minimum atomic E-state index is 0.489. The molecule has 24 heavy (non-hydrogen) atoms. The second kappa shape index (κ2) is 6.67. The monoisotopic (exact) mass is 323 g/mol. The molecule has 1 nitrogen and oxygen atoms in total. The van der Waals surface area contributed by atoms with E-state index < -0.39 is 0 Å². The first-order valence-corrected chi connectivity index (χ1v) is 10.2. The van der Waals surface area contributed by atoms with Crippen LogP contribution in [0.25, 0.3) is 5.57 Å². The van der Waals surface area contributed by atoms with Crippen LogP contribution in [0.15, 0.2) is 36.4 Å². The third kappa shape index (κ3) is 2.96. The van der Waals surface area contributed by atoms with Gasteiger partial charge < -0.3 is 4.90 Å². The highest BCUT2D eigenvalue weighted by molar-refractivity contribution is 5.71. The van der Waals surface area contributed by atoms with Gasteiger partial charge in [-0.05, 0) is 85.9 Å². The van der Waals surface area contributed by atoms with Crippen LogP contribution in [0.1, 0.15) is 57.9 Å². The van der Waals surface area contributed by atoms with E-state index in [0.29, 0.717) is 5.41 Å². The number of likely N-dealkylation sites (N-methyl/N-ethyl adjacent to an activating group) is 1. The van der Waals surface area contributed by atoms with Crippen molar-refractivity contribution in [3.63, 3.8) is 0 Å². The molecule has 4 aliphatic carbocycles. The number of hydrogen-bond donors (Lipinski definition) is 0. The second-order valence-electron chi connectivity index (χ2n) is 8.67. The van der Waals surface area contributed by atoms with Crippen molar-refractivity contribution in [1.29, 1.82) is 0 Å². The molecule has 0 unspecified atom stereocenters. The average Bonchev–Trinajstić information content (AvgIpc) is 2.58. The molecule has 0 aromatic heterocycles. The van der Waals surface area contributed by atoms with Gasteiger partial charge in [-0.2, -0.15) is 0 Å². The van der Waals surface area contributed by atoms with E-state index in [1.165, 1.54) is 44.1 Å². The maximum absolute atomic E-state index is 2.61. The van der Waals surface area contributed by atoms with Crippen LogP contribution in [-0.4, -0.2) is 24.5 Å². The van der Waals surface area contributed by atoms with Gasteiger partial charge in [0, 0.05) is 6.54 Å². The second-order valence-corrected chi connectivity index (χ2v) is 8.67. The molecule has 0 aliphatic heterocycles. The Kier molecular flexibility index (Phi) is 4.56. The van der Waals surface area contributed by atoms with Crippen LogP contribution in [0.2, 0.25) is 0 Å². The first-order valence-electron chi connectivity index (χ1n) is 10.2. The summed E-state index contributed by atoms with van der Waals surface area (Å²) in [6, 6.07) is 11.3. The zero-order valence-electron chi connectivity index (χ0n) is 15.5. The smallest absolute Gasteiger partial charge is 0.0169 e. The lowest BCUT2D eigenvalue weighted by atomic mass is 9.47. The maximum Gasteiger partial charge on any atom is 0.0169 e. The molecule has 0 heterocycles. The SMILES string of the molecule is CCN(CC)C/C=C(\c1ccccc1)C12CC3CC(CC(C3)C1)C2. The molecule has 4 bridgehead atoms. The molecule has 4 fully saturated rings. The lowest BCUT2D eigenvalue weighted by Gasteiger charge is -2.58. The van der Waals surface area contributed by atoms with Gasteiger partial charge in [-0.3, -0.25) is 0 Å². The molecule has 0 saturated heterocycles. The number of nitrogens with zero attached hydrogens (tertiary/aromatic N) is 1. The highest BCUT2D eigenvalue weighted by atomic mass is 15.1. The van der Waals surface area contributed by atoms with E-state index in [1.54, 1.807) is 5.57 Å². The Balaban J connectivity index is 1.69. The zero-order valence-corrected chi connectivity index (χ0v) is 15.5. The van der Waals surface area contributed by atoms with Gasteiger partial charge in [0.05, 0.1) is 0 Å². The van der Waals surface area contributed by atoms with Gasteiger partial charge in [-0.25, -0.2) is 0 Å². The molecule has 0 spiro atoms. The Labute approximate surface area is 148 Å². The van der Waals surface area contributed by atoms with Crippen molar-refractivity contribution in [2.24, 2.45) is 23.2 Å². The number of benzene rings is 1. The molecule has 5 rings (SSSR count). The quantitative estimate of drug-likeness (QED) is 0.656. The molecule has 130 valence electrons. The molecule has 0 radical (unpaired) electrons. The summed E-state index contributed by atoms with van der Waals surface area (Å²) in [5.74, 6) is 3.03. The largest absolute Gasteiger partial charge is 0.300 e. The first kappa shape index (κ1) is 16.4. The Bertz CT molecular complexity index is 546. The van der Waals surface area contributed by atoms with Crippen molar-refractivity contribution in [2.75, 3.05) is 19.6 Å². The molecule has 1 heteroatoms. The van der Waals surface area contributed by atoms with Crippen molar-refractivity contribution >= 4 is 5.57 Å². The maximum atomic E-state index is 2.61. The minimum absolute atomic E-state index is 0.489. The molecule has 0 N–H and O–H groups in total. The topological polar surface area (TPSA) is 3.24 Å². The highest BCUT2D eigenvalue weighted by Gasteiger charge is 2.52. The summed E-state index contributed by atoms with van der Waals surface area (Å²) >= 11 is 0. The van der Waals surface area contributed by atoms with Crippen molar-refractivity contribution in [3.8, 4) is 0 Å². The number of allylic oxidation sites excluding steroid dienone is 1. The Morgan fingerprint density at radius 3 is 2.00 bits per heavy atom. The summed E-state index contributed by atoms with van der Waals surface area (Å²) in [5.41, 5.74) is 3.67. The van der Waals surface area contributed by atoms with E-state index in [9.17, 15) is 0 Å². The number of rotatable bonds is 6. The minimum Gasteiger partial charge on any atom is -0.300 e. The van der Waals surface area contributed by atoms with Crippen LogP contribution in [0.3, 0.4) is 0 Å². The van der Waals surface area contributed by atoms with Crippen LogP contribution in [0.5, 0.6) is 0 Å². The fourth-order valence-corrected chi connectivity index (χ4v) is 6.40. The van der Waals surface area contributed by atoms with E-state index in [4.69, 9.17) is 0 Å². The fraction of sp³-hybridized carbons (Fsp3) is 0.652. The average molecular weight is 324 g/mol. The summed E-state index contributed by atoms with van der Waals surface area (Å²) in [4.78, 5) is 2.55. The van der Waals surface area contributed by atoms with Crippen molar-refractivity contribution in [2.45, 2.75) is 52.4 Å². The van der Waals surface area contributed by atoms with Gasteiger partial charge in [0.1, 0.15) is 0 Å². The van der Waals surface area contributed by atoms with Crippen molar-refractivity contribution < 1.29 is 0 Å². The van der Waals surface area contributed by atoms with Gasteiger partial charge >= 0.3 is 0 Å². The molecular formula is C23H33N.